The number of ether oxygens (including phenoxy) is 3. The van der Waals surface area contributed by atoms with Crippen LogP contribution in [-0.4, -0.2) is 80.9 Å². The van der Waals surface area contributed by atoms with E-state index in [1.54, 1.807) is 19.1 Å². The number of aromatic hydroxyl groups is 2. The topological polar surface area (TPSA) is 210 Å². The van der Waals surface area contributed by atoms with E-state index in [1.807, 2.05) is 19.1 Å². The van der Waals surface area contributed by atoms with Crippen molar-refractivity contribution in [1.82, 2.24) is 5.43 Å². The van der Waals surface area contributed by atoms with Crippen molar-refractivity contribution in [3.8, 4) is 17.2 Å². The highest BCUT2D eigenvalue weighted by Gasteiger charge is 2.49. The number of hydrogen-bond donors (Lipinski definition) is 6. The fourth-order valence-electron chi connectivity index (χ4n) is 6.86. The Balaban J connectivity index is 0.00000486. The lowest BCUT2D eigenvalue weighted by atomic mass is 9.71. The molecule has 14 heteroatoms. The first-order chi connectivity index (χ1) is 23.3. The molecule has 0 bridgehead atoms. The van der Waals surface area contributed by atoms with E-state index in [4.69, 9.17) is 19.9 Å². The molecule has 0 spiro atoms. The summed E-state index contributed by atoms with van der Waals surface area (Å²) in [5.41, 5.74) is 7.17. The Morgan fingerprint density at radius 1 is 1.08 bits per heavy atom. The van der Waals surface area contributed by atoms with E-state index in [1.165, 1.54) is 32.2 Å². The Morgan fingerprint density at radius 2 is 1.76 bits per heavy atom. The van der Waals surface area contributed by atoms with Crippen LogP contribution < -0.4 is 15.9 Å². The maximum absolute atomic E-state index is 13.9. The number of rotatable bonds is 7. The van der Waals surface area contributed by atoms with Gasteiger partial charge in [-0.15, -0.1) is 12.4 Å². The summed E-state index contributed by atoms with van der Waals surface area (Å²) >= 11 is 0. The Kier molecular flexibility index (Phi) is 10.4. The maximum atomic E-state index is 13.9. The fourth-order valence-corrected chi connectivity index (χ4v) is 6.86. The van der Waals surface area contributed by atoms with E-state index < -0.39 is 76.3 Å². The molecule has 3 aromatic carbocycles. The molecule has 1 heterocycles. The number of methoxy groups -OCH3 is 1. The van der Waals surface area contributed by atoms with Crippen LogP contribution in [0.3, 0.4) is 0 Å². The molecule has 1 amide bonds. The summed E-state index contributed by atoms with van der Waals surface area (Å²) < 4.78 is 17.5. The van der Waals surface area contributed by atoms with Crippen LogP contribution in [0.4, 0.5) is 0 Å². The van der Waals surface area contributed by atoms with E-state index >= 15 is 0 Å². The third-order valence-corrected chi connectivity index (χ3v) is 9.77. The van der Waals surface area contributed by atoms with Gasteiger partial charge in [0.1, 0.15) is 22.8 Å². The molecular formula is C36H40ClN3O10. The monoisotopic (exact) mass is 709 g/mol. The van der Waals surface area contributed by atoms with Gasteiger partial charge >= 0.3 is 0 Å². The minimum Gasteiger partial charge on any atom is -0.507 e. The first-order valence-electron chi connectivity index (χ1n) is 16.1. The van der Waals surface area contributed by atoms with Crippen LogP contribution in [0.5, 0.6) is 17.2 Å². The zero-order chi connectivity index (χ0) is 35.4. The first kappa shape index (κ1) is 36.9. The summed E-state index contributed by atoms with van der Waals surface area (Å²) in [6.07, 6.45) is -3.71. The van der Waals surface area contributed by atoms with Gasteiger partial charge in [-0.25, -0.2) is 5.43 Å². The molecule has 3 aromatic rings. The number of halogens is 1. The van der Waals surface area contributed by atoms with Crippen LogP contribution in [0.2, 0.25) is 0 Å². The lowest BCUT2D eigenvalue weighted by Crippen LogP contribution is -2.52. The maximum Gasteiger partial charge on any atom is 0.271 e. The molecule has 1 fully saturated rings. The highest BCUT2D eigenvalue weighted by Crippen LogP contribution is 2.52. The van der Waals surface area contributed by atoms with Gasteiger partial charge in [0.2, 0.25) is 5.78 Å². The number of carbonyl (C=O) groups is 3. The molecule has 6 atom stereocenters. The number of hydrogen-bond acceptors (Lipinski definition) is 12. The Morgan fingerprint density at radius 3 is 2.40 bits per heavy atom. The number of aliphatic hydroxyl groups excluding tert-OH is 1. The zero-order valence-electron chi connectivity index (χ0n) is 27.9. The smallest absolute Gasteiger partial charge is 0.271 e. The van der Waals surface area contributed by atoms with E-state index in [2.05, 4.69) is 10.5 Å². The molecule has 1 saturated heterocycles. The molecule has 0 unspecified atom stereocenters. The van der Waals surface area contributed by atoms with Gasteiger partial charge in [-0.3, -0.25) is 14.4 Å². The molecule has 3 aliphatic rings. The number of aryl methyl sites for hydroxylation is 1. The Labute approximate surface area is 294 Å². The lowest BCUT2D eigenvalue weighted by Gasteiger charge is -2.42. The van der Waals surface area contributed by atoms with Gasteiger partial charge in [0.05, 0.1) is 47.8 Å². The summed E-state index contributed by atoms with van der Waals surface area (Å²) in [6, 6.07) is 10.7. The van der Waals surface area contributed by atoms with Crippen LogP contribution in [0.25, 0.3) is 0 Å². The van der Waals surface area contributed by atoms with Crippen molar-refractivity contribution in [2.45, 2.75) is 82.7 Å². The van der Waals surface area contributed by atoms with E-state index in [9.17, 15) is 34.8 Å². The number of aliphatic hydroxyl groups is 2. The van der Waals surface area contributed by atoms with Gasteiger partial charge in [0.25, 0.3) is 5.91 Å². The van der Waals surface area contributed by atoms with E-state index in [-0.39, 0.29) is 65.4 Å². The Bertz CT molecular complexity index is 1870. The summed E-state index contributed by atoms with van der Waals surface area (Å²) in [5, 5.41) is 50.2. The molecule has 1 aliphatic heterocycles. The summed E-state index contributed by atoms with van der Waals surface area (Å²) in [7, 11) is 1.35. The van der Waals surface area contributed by atoms with Gasteiger partial charge in [0, 0.05) is 47.6 Å². The molecular weight excluding hydrogens is 670 g/mol. The highest BCUT2D eigenvalue weighted by molar-refractivity contribution is 6.31. The average Bonchev–Trinajstić information content (AvgIpc) is 3.09. The normalized spacial score (nSPS) is 25.9. The molecule has 2 aliphatic carbocycles. The van der Waals surface area contributed by atoms with Crippen molar-refractivity contribution >= 4 is 35.6 Å². The van der Waals surface area contributed by atoms with Gasteiger partial charge in [-0.1, -0.05) is 31.2 Å². The molecule has 50 heavy (non-hydrogen) atoms. The number of nitrogens with one attached hydrogen (secondary N) is 1. The van der Waals surface area contributed by atoms with Crippen LogP contribution in [0, 0.1) is 0 Å². The average molecular weight is 710 g/mol. The van der Waals surface area contributed by atoms with Crippen LogP contribution in [0.15, 0.2) is 47.6 Å². The second-order valence-corrected chi connectivity index (χ2v) is 12.8. The van der Waals surface area contributed by atoms with E-state index in [0.29, 0.717) is 5.56 Å². The van der Waals surface area contributed by atoms with Crippen molar-refractivity contribution in [1.29, 1.82) is 0 Å². The van der Waals surface area contributed by atoms with Crippen molar-refractivity contribution in [3.05, 3.63) is 87.0 Å². The number of amides is 1. The van der Waals surface area contributed by atoms with Crippen molar-refractivity contribution in [3.63, 3.8) is 0 Å². The summed E-state index contributed by atoms with van der Waals surface area (Å²) in [6.45, 7) is 5.11. The number of phenolic OH excluding ortho intramolecular Hbond substituents is 2. The minimum atomic E-state index is -1.89. The number of fused-ring (bicyclic) bond motifs is 3. The predicted molar refractivity (Wildman–Crippen MR) is 183 cm³/mol. The largest absolute Gasteiger partial charge is 0.507 e. The fraction of sp³-hybridized carbons (Fsp3) is 0.389. The number of hydrazone groups is 1. The van der Waals surface area contributed by atoms with Crippen molar-refractivity contribution in [2.75, 3.05) is 7.11 Å². The van der Waals surface area contributed by atoms with Gasteiger partial charge in [0.15, 0.2) is 12.1 Å². The SMILES string of the molecule is CCc1ccc(C(=O)N/N=C(\C)[C@]2(O)Cc3c(O)c4c(c(O)c3[C@H](O[C@H]3C[C@H](N)[C@H](O)[C@H](C)O3)C2)C(=O)c2c(OC)cccc2C4=O)cc1.Cl. The van der Waals surface area contributed by atoms with Crippen molar-refractivity contribution < 1.29 is 49.0 Å². The molecule has 13 nitrogen and oxygen atoms in total. The summed E-state index contributed by atoms with van der Waals surface area (Å²) in [5.74, 6) is -3.07. The number of benzene rings is 3. The van der Waals surface area contributed by atoms with Gasteiger partial charge in [-0.2, -0.15) is 5.10 Å². The molecule has 0 saturated carbocycles. The second kappa shape index (κ2) is 14.1. The number of nitrogens with two attached hydrogens (primary N) is 1. The van der Waals surface area contributed by atoms with Crippen molar-refractivity contribution in [2.24, 2.45) is 10.8 Å². The molecule has 266 valence electrons. The number of carbonyl (C=O) groups excluding carboxylic acids is 3. The zero-order valence-corrected chi connectivity index (χ0v) is 28.7. The lowest BCUT2D eigenvalue weighted by molar-refractivity contribution is -0.245. The third-order valence-electron chi connectivity index (χ3n) is 9.77. The summed E-state index contributed by atoms with van der Waals surface area (Å²) in [4.78, 5) is 40.7. The second-order valence-electron chi connectivity index (χ2n) is 12.8. The third kappa shape index (κ3) is 6.25. The van der Waals surface area contributed by atoms with E-state index in [0.717, 1.165) is 12.0 Å². The highest BCUT2D eigenvalue weighted by atomic mass is 35.5. The minimum absolute atomic E-state index is 0. The first-order valence-corrected chi connectivity index (χ1v) is 16.1. The van der Waals surface area contributed by atoms with Crippen LogP contribution >= 0.6 is 12.4 Å². The molecule has 0 radical (unpaired) electrons. The predicted octanol–water partition coefficient (Wildman–Crippen LogP) is 3.23. The quantitative estimate of drug-likeness (QED) is 0.0932. The number of nitrogens with zero attached hydrogens (tertiary/aromatic N) is 1. The number of phenols is 2. The molecule has 0 aromatic heterocycles. The van der Waals surface area contributed by atoms with Crippen LogP contribution in [-0.2, 0) is 22.3 Å². The molecule has 7 N–H and O–H groups in total. The standard InChI is InChI=1S/C36H39N3O10.ClH/c1-5-18-9-11-19(12-10-18)35(45)39-38-17(3)36(46)14-21-27(24(15-36)49-25-13-22(37)30(40)16(2)48-25)34(44)29-28(32(21)42)31(41)20-7-6-8-23(47-4)26(20)33(29)43;/h6-12,16,22,24-25,30,40,42,44,46H,5,13-15,37H2,1-4H3,(H,39,45);1H/b38-17+;/t16-,22-,24+,25-,30+,36-;/m0./s1. The van der Waals surface area contributed by atoms with Gasteiger partial charge < -0.3 is 40.4 Å². The van der Waals surface area contributed by atoms with Gasteiger partial charge in [-0.05, 0) is 44.0 Å². The number of ketones is 2. The Hall–Kier alpha value is -4.37. The van der Waals surface area contributed by atoms with Crippen LogP contribution in [0.1, 0.15) is 98.6 Å². The molecule has 6 rings (SSSR count).